The number of benzene rings is 9. The third kappa shape index (κ3) is 5.04. The third-order valence-corrected chi connectivity index (χ3v) is 11.4. The molecule has 0 N–H and O–H groups in total. The lowest BCUT2D eigenvalue weighted by molar-refractivity contribution is 1.18. The van der Waals surface area contributed by atoms with Crippen molar-refractivity contribution in [2.24, 2.45) is 0 Å². The monoisotopic (exact) mass is 712 g/mol. The van der Waals surface area contributed by atoms with Gasteiger partial charge in [-0.1, -0.05) is 170 Å². The van der Waals surface area contributed by atoms with E-state index in [1.165, 1.54) is 88.1 Å². The third-order valence-electron chi connectivity index (χ3n) is 11.4. The van der Waals surface area contributed by atoms with E-state index in [1.807, 2.05) is 0 Å². The number of rotatable bonds is 6. The van der Waals surface area contributed by atoms with Gasteiger partial charge in [-0.05, 0) is 81.9 Å². The van der Waals surface area contributed by atoms with Crippen LogP contribution in [0.2, 0.25) is 0 Å². The average molecular weight is 713 g/mol. The van der Waals surface area contributed by atoms with E-state index >= 15 is 0 Å². The topological polar surface area (TPSA) is 9.86 Å². The first-order valence-electron chi connectivity index (χ1n) is 19.3. The molecule has 0 fully saturated rings. The fraction of sp³-hybridized carbons (Fsp3) is 0. The molecular formula is C54H36N2. The molecule has 0 saturated heterocycles. The van der Waals surface area contributed by atoms with Crippen molar-refractivity contribution in [3.05, 3.63) is 218 Å². The normalized spacial score (nSPS) is 11.6. The van der Waals surface area contributed by atoms with E-state index in [0.717, 1.165) is 11.4 Å². The lowest BCUT2D eigenvalue weighted by atomic mass is 9.84. The van der Waals surface area contributed by atoms with E-state index < -0.39 is 0 Å². The Labute approximate surface area is 325 Å². The predicted octanol–water partition coefficient (Wildman–Crippen LogP) is 14.5. The summed E-state index contributed by atoms with van der Waals surface area (Å²) in [6.45, 7) is 0. The first kappa shape index (κ1) is 32.0. The first-order chi connectivity index (χ1) is 27.8. The van der Waals surface area contributed by atoms with Crippen LogP contribution in [0.4, 0.5) is 0 Å². The maximum absolute atomic E-state index is 2.45. The summed E-state index contributed by atoms with van der Waals surface area (Å²) < 4.78 is 4.89. The maximum Gasteiger partial charge on any atom is 0.0541 e. The molecule has 2 heteroatoms. The highest BCUT2D eigenvalue weighted by molar-refractivity contribution is 6.11. The van der Waals surface area contributed by atoms with E-state index in [2.05, 4.69) is 228 Å². The van der Waals surface area contributed by atoms with Gasteiger partial charge in [-0.3, -0.25) is 0 Å². The quantitative estimate of drug-likeness (QED) is 0.162. The van der Waals surface area contributed by atoms with Crippen molar-refractivity contribution in [1.82, 2.24) is 9.13 Å². The highest BCUT2D eigenvalue weighted by atomic mass is 15.0. The molecule has 0 atom stereocenters. The molecule has 0 aliphatic heterocycles. The van der Waals surface area contributed by atoms with Gasteiger partial charge in [-0.2, -0.15) is 0 Å². The molecule has 2 heterocycles. The van der Waals surface area contributed by atoms with Crippen molar-refractivity contribution in [1.29, 1.82) is 0 Å². The molecule has 56 heavy (non-hydrogen) atoms. The molecule has 0 radical (unpaired) electrons. The zero-order valence-corrected chi connectivity index (χ0v) is 30.7. The summed E-state index contributed by atoms with van der Waals surface area (Å²) in [5.74, 6) is 0. The van der Waals surface area contributed by atoms with Crippen LogP contribution in [-0.4, -0.2) is 9.13 Å². The summed E-state index contributed by atoms with van der Waals surface area (Å²) in [6, 6.07) is 79.6. The van der Waals surface area contributed by atoms with Crippen LogP contribution < -0.4 is 0 Å². The molecule has 2 aromatic heterocycles. The molecule has 11 rings (SSSR count). The van der Waals surface area contributed by atoms with Crippen LogP contribution in [0.15, 0.2) is 218 Å². The van der Waals surface area contributed by atoms with Gasteiger partial charge < -0.3 is 9.13 Å². The van der Waals surface area contributed by atoms with Crippen LogP contribution in [0, 0.1) is 0 Å². The predicted molar refractivity (Wildman–Crippen MR) is 237 cm³/mol. The van der Waals surface area contributed by atoms with E-state index in [-0.39, 0.29) is 0 Å². The van der Waals surface area contributed by atoms with Gasteiger partial charge in [-0.25, -0.2) is 0 Å². The number of hydrogen-bond acceptors (Lipinski definition) is 0. The zero-order valence-electron chi connectivity index (χ0n) is 30.7. The molecule has 0 spiro atoms. The number of nitrogens with zero attached hydrogens (tertiary/aromatic N) is 2. The van der Waals surface area contributed by atoms with Crippen LogP contribution in [0.5, 0.6) is 0 Å². The van der Waals surface area contributed by atoms with Gasteiger partial charge in [0, 0.05) is 32.7 Å². The van der Waals surface area contributed by atoms with Crippen molar-refractivity contribution >= 4 is 43.6 Å². The smallest absolute Gasteiger partial charge is 0.0541 e. The van der Waals surface area contributed by atoms with Gasteiger partial charge in [0.2, 0.25) is 0 Å². The van der Waals surface area contributed by atoms with E-state index in [0.29, 0.717) is 0 Å². The molecule has 0 saturated carbocycles. The molecule has 2 nitrogen and oxygen atoms in total. The Hall–Kier alpha value is -7.42. The molecule has 9 aromatic carbocycles. The van der Waals surface area contributed by atoms with Gasteiger partial charge >= 0.3 is 0 Å². The van der Waals surface area contributed by atoms with Gasteiger partial charge in [0.25, 0.3) is 0 Å². The number of hydrogen-bond donors (Lipinski definition) is 0. The molecular weight excluding hydrogens is 677 g/mol. The van der Waals surface area contributed by atoms with Crippen molar-refractivity contribution in [2.75, 3.05) is 0 Å². The minimum atomic E-state index is 1.15. The lowest BCUT2D eigenvalue weighted by Gasteiger charge is -2.22. The van der Waals surface area contributed by atoms with Crippen LogP contribution in [0.25, 0.3) is 99.5 Å². The van der Waals surface area contributed by atoms with Crippen molar-refractivity contribution in [3.63, 3.8) is 0 Å². The molecule has 0 bridgehead atoms. The fourth-order valence-corrected chi connectivity index (χ4v) is 8.92. The van der Waals surface area contributed by atoms with Crippen molar-refractivity contribution in [2.45, 2.75) is 0 Å². The van der Waals surface area contributed by atoms with Crippen molar-refractivity contribution in [3.8, 4) is 55.9 Å². The second kappa shape index (κ2) is 13.2. The van der Waals surface area contributed by atoms with Crippen LogP contribution in [0.1, 0.15) is 0 Å². The average Bonchev–Trinajstić information content (AvgIpc) is 3.80. The van der Waals surface area contributed by atoms with Gasteiger partial charge in [0.15, 0.2) is 0 Å². The van der Waals surface area contributed by atoms with E-state index in [1.54, 1.807) is 0 Å². The summed E-state index contributed by atoms with van der Waals surface area (Å²) in [7, 11) is 0. The Morgan fingerprint density at radius 2 is 0.500 bits per heavy atom. The Balaban J connectivity index is 1.24. The molecule has 0 aliphatic rings. The Morgan fingerprint density at radius 1 is 0.214 bits per heavy atom. The molecule has 11 aromatic rings. The second-order valence-corrected chi connectivity index (χ2v) is 14.4. The molecule has 0 aliphatic carbocycles. The van der Waals surface area contributed by atoms with Crippen LogP contribution >= 0.6 is 0 Å². The summed E-state index contributed by atoms with van der Waals surface area (Å²) in [4.78, 5) is 0. The van der Waals surface area contributed by atoms with Gasteiger partial charge in [-0.15, -0.1) is 0 Å². The molecule has 0 amide bonds. The first-order valence-corrected chi connectivity index (χ1v) is 19.3. The number of fused-ring (bicyclic) bond motifs is 6. The standard InChI is InChI=1S/C54H36N2/c1-3-19-37(20-4-1)45-35-48(44-28-12-18-34-54(44)56-51-31-15-9-25-41(51)42-26-10-16-32-52(42)56)46(38-21-5-2-6-22-38)36-47(45)43-27-11-17-33-53(43)55-49-29-13-7-23-39(49)40-24-8-14-30-50(40)55/h1-36H. The molecule has 262 valence electrons. The fourth-order valence-electron chi connectivity index (χ4n) is 8.92. The minimum Gasteiger partial charge on any atom is -0.309 e. The molecule has 0 unspecified atom stereocenters. The largest absolute Gasteiger partial charge is 0.309 e. The summed E-state index contributed by atoms with van der Waals surface area (Å²) in [5.41, 5.74) is 16.5. The summed E-state index contributed by atoms with van der Waals surface area (Å²) in [6.07, 6.45) is 0. The Kier molecular flexibility index (Phi) is 7.53. The highest BCUT2D eigenvalue weighted by Gasteiger charge is 2.23. The van der Waals surface area contributed by atoms with Crippen LogP contribution in [0.3, 0.4) is 0 Å². The Bertz CT molecular complexity index is 2910. The minimum absolute atomic E-state index is 1.15. The summed E-state index contributed by atoms with van der Waals surface area (Å²) in [5, 5.41) is 5.01. The maximum atomic E-state index is 2.45. The summed E-state index contributed by atoms with van der Waals surface area (Å²) >= 11 is 0. The van der Waals surface area contributed by atoms with Gasteiger partial charge in [0.05, 0.1) is 33.4 Å². The van der Waals surface area contributed by atoms with E-state index in [9.17, 15) is 0 Å². The Morgan fingerprint density at radius 3 is 0.857 bits per heavy atom. The lowest BCUT2D eigenvalue weighted by Crippen LogP contribution is -2.01. The van der Waals surface area contributed by atoms with E-state index in [4.69, 9.17) is 0 Å². The van der Waals surface area contributed by atoms with Crippen molar-refractivity contribution < 1.29 is 0 Å². The SMILES string of the molecule is c1ccc(-c2cc(-c3ccccc3-n3c4ccccc4c4ccccc43)c(-c3ccccc3)cc2-c2ccccc2-n2c3ccccc3c3ccccc32)cc1. The highest BCUT2D eigenvalue weighted by Crippen LogP contribution is 2.46. The number of para-hydroxylation sites is 6. The second-order valence-electron chi connectivity index (χ2n) is 14.4. The zero-order chi connectivity index (χ0) is 37.0. The van der Waals surface area contributed by atoms with Crippen LogP contribution in [-0.2, 0) is 0 Å². The number of aromatic nitrogens is 2. The van der Waals surface area contributed by atoms with Gasteiger partial charge in [0.1, 0.15) is 0 Å².